The Hall–Kier alpha value is -0.400. The maximum absolute atomic E-state index is 10.9. The summed E-state index contributed by atoms with van der Waals surface area (Å²) in [6.07, 6.45) is 3.13. The second-order valence-electron chi connectivity index (χ2n) is 2.55. The van der Waals surface area contributed by atoms with Crippen LogP contribution in [0, 0.1) is 0 Å². The number of hydrogen-bond acceptors (Lipinski definition) is 4. The summed E-state index contributed by atoms with van der Waals surface area (Å²) in [6, 6.07) is 0. The fourth-order valence-electron chi connectivity index (χ4n) is 0.769. The molecule has 82 valence electrons. The van der Waals surface area contributed by atoms with E-state index in [2.05, 4.69) is 20.1 Å². The quantitative estimate of drug-likeness (QED) is 0.474. The van der Waals surface area contributed by atoms with E-state index in [1.807, 2.05) is 6.92 Å². The summed E-state index contributed by atoms with van der Waals surface area (Å²) in [4.78, 5) is 10.1. The lowest BCUT2D eigenvalue weighted by molar-refractivity contribution is -0.127. The molecule has 0 heterocycles. The molecule has 0 spiro atoms. The highest BCUT2D eigenvalue weighted by Gasteiger charge is 2.23. The molecule has 0 aliphatic carbocycles. The molecule has 14 heavy (non-hydrogen) atoms. The molecule has 0 aromatic rings. The predicted octanol–water partition coefficient (Wildman–Crippen LogP) is 1.80. The molecule has 0 rings (SSSR count). The highest BCUT2D eigenvalue weighted by Crippen LogP contribution is 2.11. The van der Waals surface area contributed by atoms with E-state index in [-0.39, 0.29) is 0 Å². The van der Waals surface area contributed by atoms with E-state index in [1.54, 1.807) is 0 Å². The average Bonchev–Trinajstić information content (AvgIpc) is 2.09. The van der Waals surface area contributed by atoms with Gasteiger partial charge in [0.1, 0.15) is 0 Å². The van der Waals surface area contributed by atoms with Crippen LogP contribution >= 0.6 is 16.3 Å². The third-order valence-corrected chi connectivity index (χ3v) is 2.62. The van der Waals surface area contributed by atoms with Crippen molar-refractivity contribution in [2.24, 2.45) is 0 Å². The molecule has 0 atom stereocenters. The lowest BCUT2D eigenvalue weighted by Gasteiger charge is -1.99. The van der Waals surface area contributed by atoms with Gasteiger partial charge < -0.3 is 3.83 Å². The molecule has 1 N–H and O–H groups in total. The molecular weight excluding hydrogens is 276 g/mol. The van der Waals surface area contributed by atoms with Gasteiger partial charge in [0.2, 0.25) is 0 Å². The van der Waals surface area contributed by atoms with Crippen LogP contribution in [0.15, 0.2) is 11.0 Å². The van der Waals surface area contributed by atoms with Gasteiger partial charge in [-0.3, -0.25) is 4.55 Å². The number of unbranched alkanes of at least 4 members (excludes halogenated alkanes) is 2. The molecule has 0 aliphatic heterocycles. The SMILES string of the molecule is CCCCC=C(C(=O)OBr)S(=O)(=O)O. The van der Waals surface area contributed by atoms with Crippen molar-refractivity contribution in [2.75, 3.05) is 0 Å². The van der Waals surface area contributed by atoms with Crippen molar-refractivity contribution in [3.63, 3.8) is 0 Å². The third-order valence-electron chi connectivity index (χ3n) is 1.44. The van der Waals surface area contributed by atoms with Crippen molar-refractivity contribution in [1.29, 1.82) is 0 Å². The average molecular weight is 287 g/mol. The van der Waals surface area contributed by atoms with Crippen LogP contribution in [0.1, 0.15) is 26.2 Å². The molecule has 0 saturated carbocycles. The van der Waals surface area contributed by atoms with E-state index in [4.69, 9.17) is 4.55 Å². The minimum absolute atomic E-state index is 0.397. The largest absolute Gasteiger partial charge is 0.379 e. The fraction of sp³-hybridized carbons (Fsp3) is 0.571. The number of rotatable bonds is 5. The Morgan fingerprint density at radius 1 is 1.57 bits per heavy atom. The van der Waals surface area contributed by atoms with Crippen LogP contribution in [0.2, 0.25) is 0 Å². The second kappa shape index (κ2) is 6.15. The molecule has 0 unspecified atom stereocenters. The van der Waals surface area contributed by atoms with Gasteiger partial charge in [0.05, 0.1) is 0 Å². The molecule has 5 nitrogen and oxygen atoms in total. The summed E-state index contributed by atoms with van der Waals surface area (Å²) < 4.78 is 34.1. The van der Waals surface area contributed by atoms with Crippen molar-refractivity contribution in [2.45, 2.75) is 26.2 Å². The Labute approximate surface area is 91.3 Å². The van der Waals surface area contributed by atoms with Crippen LogP contribution in [0.5, 0.6) is 0 Å². The maximum atomic E-state index is 10.9. The topological polar surface area (TPSA) is 80.7 Å². The van der Waals surface area contributed by atoms with Gasteiger partial charge >= 0.3 is 16.1 Å². The number of carbonyl (C=O) groups is 1. The second-order valence-corrected chi connectivity index (χ2v) is 4.26. The van der Waals surface area contributed by atoms with E-state index in [0.717, 1.165) is 18.9 Å². The van der Waals surface area contributed by atoms with Crippen molar-refractivity contribution < 1.29 is 21.6 Å². The van der Waals surface area contributed by atoms with Gasteiger partial charge in [0.25, 0.3) is 0 Å². The molecule has 0 fully saturated rings. The van der Waals surface area contributed by atoms with Crippen LogP contribution in [0.3, 0.4) is 0 Å². The molecule has 0 radical (unpaired) electrons. The first-order valence-corrected chi connectivity index (χ1v) is 6.02. The third kappa shape index (κ3) is 4.73. The molecular formula is C7H11BrO5S. The summed E-state index contributed by atoms with van der Waals surface area (Å²) in [5, 5.41) is 0. The van der Waals surface area contributed by atoms with Gasteiger partial charge in [-0.1, -0.05) is 25.8 Å². The maximum Gasteiger partial charge on any atom is 0.363 e. The zero-order chi connectivity index (χ0) is 11.2. The number of halogens is 1. The van der Waals surface area contributed by atoms with Crippen LogP contribution in [0.25, 0.3) is 0 Å². The van der Waals surface area contributed by atoms with Gasteiger partial charge in [-0.05, 0) is 6.42 Å². The van der Waals surface area contributed by atoms with E-state index in [0.29, 0.717) is 6.42 Å². The first-order valence-electron chi connectivity index (χ1n) is 3.94. The minimum Gasteiger partial charge on any atom is -0.379 e. The van der Waals surface area contributed by atoms with Gasteiger partial charge in [-0.2, -0.15) is 8.42 Å². The zero-order valence-electron chi connectivity index (χ0n) is 7.57. The van der Waals surface area contributed by atoms with Crippen molar-refractivity contribution in [3.05, 3.63) is 11.0 Å². The highest BCUT2D eigenvalue weighted by molar-refractivity contribution is 9.06. The molecule has 0 bridgehead atoms. The summed E-state index contributed by atoms with van der Waals surface area (Å²) in [5.41, 5.74) is 0. The Balaban J connectivity index is 4.74. The predicted molar refractivity (Wildman–Crippen MR) is 54.2 cm³/mol. The summed E-state index contributed by atoms with van der Waals surface area (Å²) in [7, 11) is -4.50. The smallest absolute Gasteiger partial charge is 0.363 e. The van der Waals surface area contributed by atoms with E-state index >= 15 is 0 Å². The minimum atomic E-state index is -4.50. The molecule has 0 aromatic carbocycles. The van der Waals surface area contributed by atoms with Crippen molar-refractivity contribution in [1.82, 2.24) is 0 Å². The van der Waals surface area contributed by atoms with E-state index in [1.165, 1.54) is 0 Å². The van der Waals surface area contributed by atoms with E-state index < -0.39 is 21.0 Å². The Bertz CT molecular complexity index is 319. The van der Waals surface area contributed by atoms with Crippen LogP contribution in [-0.4, -0.2) is 18.9 Å². The lowest BCUT2D eigenvalue weighted by atomic mass is 10.2. The highest BCUT2D eigenvalue weighted by atomic mass is 79.9. The normalized spacial score (nSPS) is 12.6. The van der Waals surface area contributed by atoms with Crippen LogP contribution < -0.4 is 0 Å². The Morgan fingerprint density at radius 3 is 2.50 bits per heavy atom. The Morgan fingerprint density at radius 2 is 2.14 bits per heavy atom. The standard InChI is InChI=1S/C7H11BrO5S/c1-2-3-4-5-6(7(9)13-8)14(10,11)12/h5H,2-4H2,1H3,(H,10,11,12). The molecule has 0 aromatic heterocycles. The van der Waals surface area contributed by atoms with Gasteiger partial charge in [0.15, 0.2) is 21.2 Å². The number of hydrogen-bond donors (Lipinski definition) is 1. The molecule has 0 amide bonds. The summed E-state index contributed by atoms with van der Waals surface area (Å²) >= 11 is 2.35. The Kier molecular flexibility index (Phi) is 5.98. The summed E-state index contributed by atoms with van der Waals surface area (Å²) in [5.74, 6) is -1.12. The van der Waals surface area contributed by atoms with Gasteiger partial charge in [0, 0.05) is 0 Å². The number of allylic oxidation sites excluding steroid dienone is 1. The van der Waals surface area contributed by atoms with E-state index in [9.17, 15) is 13.2 Å². The van der Waals surface area contributed by atoms with Crippen molar-refractivity contribution >= 4 is 32.3 Å². The molecule has 7 heteroatoms. The van der Waals surface area contributed by atoms with Crippen LogP contribution in [-0.2, 0) is 18.7 Å². The fourth-order valence-corrected chi connectivity index (χ4v) is 1.63. The number of carbonyl (C=O) groups excluding carboxylic acids is 1. The molecule has 0 saturated heterocycles. The van der Waals surface area contributed by atoms with Gasteiger partial charge in [-0.25, -0.2) is 4.79 Å². The monoisotopic (exact) mass is 286 g/mol. The lowest BCUT2D eigenvalue weighted by Crippen LogP contribution is -2.12. The summed E-state index contributed by atoms with van der Waals surface area (Å²) in [6.45, 7) is 1.92. The first-order chi connectivity index (χ1) is 6.43. The van der Waals surface area contributed by atoms with Crippen LogP contribution in [0.4, 0.5) is 0 Å². The zero-order valence-corrected chi connectivity index (χ0v) is 9.97. The van der Waals surface area contributed by atoms with Crippen molar-refractivity contribution in [3.8, 4) is 0 Å². The van der Waals surface area contributed by atoms with Gasteiger partial charge in [-0.15, -0.1) is 0 Å². The molecule has 0 aliphatic rings. The first kappa shape index (κ1) is 13.6.